The summed E-state index contributed by atoms with van der Waals surface area (Å²) < 4.78 is 15.1. The summed E-state index contributed by atoms with van der Waals surface area (Å²) in [5, 5.41) is 11.1. The first kappa shape index (κ1) is 23.4. The third-order valence-electron chi connectivity index (χ3n) is 4.54. The van der Waals surface area contributed by atoms with Crippen molar-refractivity contribution >= 4 is 28.7 Å². The highest BCUT2D eigenvalue weighted by atomic mass is 16.6. The van der Waals surface area contributed by atoms with Gasteiger partial charge in [-0.05, 0) is 35.7 Å². The Bertz CT molecular complexity index is 1220. The van der Waals surface area contributed by atoms with Gasteiger partial charge < -0.3 is 24.4 Å². The molecular weight excluding hydrogens is 434 g/mol. The van der Waals surface area contributed by atoms with Crippen LogP contribution in [0.3, 0.4) is 0 Å². The minimum Gasteiger partial charge on any atom is -0.497 e. The van der Waals surface area contributed by atoms with Gasteiger partial charge in [0.1, 0.15) is 23.8 Å². The minimum atomic E-state index is -1.09. The highest BCUT2D eigenvalue weighted by Crippen LogP contribution is 2.21. The van der Waals surface area contributed by atoms with Crippen LogP contribution in [0.2, 0.25) is 0 Å². The number of benzene rings is 2. The first-order chi connectivity index (χ1) is 15.9. The largest absolute Gasteiger partial charge is 0.497 e. The summed E-state index contributed by atoms with van der Waals surface area (Å²) in [4.78, 5) is 52.1. The number of aromatic amines is 1. The molecule has 3 rings (SSSR count). The Hall–Kier alpha value is -4.22. The number of rotatable bonds is 8. The summed E-state index contributed by atoms with van der Waals surface area (Å²) in [5.41, 5.74) is 1.13. The number of hydrogen-bond donors (Lipinski definition) is 4. The normalized spacial score (nSPS) is 10.5. The van der Waals surface area contributed by atoms with Crippen molar-refractivity contribution in [3.8, 4) is 11.5 Å². The number of pyridine rings is 1. The molecule has 11 heteroatoms. The van der Waals surface area contributed by atoms with Crippen molar-refractivity contribution in [3.63, 3.8) is 0 Å². The van der Waals surface area contributed by atoms with E-state index in [-0.39, 0.29) is 42.0 Å². The van der Waals surface area contributed by atoms with Gasteiger partial charge in [0.05, 0.1) is 20.1 Å². The highest BCUT2D eigenvalue weighted by molar-refractivity contribution is 6.06. The Morgan fingerprint density at radius 1 is 1.00 bits per heavy atom. The minimum absolute atomic E-state index is 0.0448. The number of fused-ring (bicyclic) bond motifs is 1. The van der Waals surface area contributed by atoms with Crippen molar-refractivity contribution in [2.24, 2.45) is 0 Å². The Morgan fingerprint density at radius 2 is 1.67 bits per heavy atom. The Morgan fingerprint density at radius 3 is 2.33 bits per heavy atom. The predicted octanol–water partition coefficient (Wildman–Crippen LogP) is 1.53. The molecule has 4 N–H and O–H groups in total. The number of hydrogen-bond acceptors (Lipinski definition) is 9. The number of methoxy groups -OCH3 is 1. The van der Waals surface area contributed by atoms with Crippen LogP contribution < -0.4 is 25.8 Å². The molecule has 0 unspecified atom stereocenters. The van der Waals surface area contributed by atoms with Gasteiger partial charge in [0.2, 0.25) is 0 Å². The van der Waals surface area contributed by atoms with Crippen molar-refractivity contribution in [2.45, 2.75) is 6.42 Å². The molecule has 172 valence electrons. The number of imide groups is 1. The quantitative estimate of drug-likeness (QED) is 0.171. The Balaban J connectivity index is 1.88. The van der Waals surface area contributed by atoms with Gasteiger partial charge in [0.15, 0.2) is 0 Å². The summed E-state index contributed by atoms with van der Waals surface area (Å²) in [6.07, 6.45) is -1.45. The fourth-order valence-electron chi connectivity index (χ4n) is 3.05. The molecule has 0 aliphatic heterocycles. The number of H-pyrrole nitrogens is 1. The van der Waals surface area contributed by atoms with E-state index in [1.807, 2.05) is 5.32 Å². The molecule has 2 amide bonds. The van der Waals surface area contributed by atoms with E-state index in [2.05, 4.69) is 4.98 Å². The summed E-state index contributed by atoms with van der Waals surface area (Å²) in [6, 6.07) is 12.8. The maximum Gasteiger partial charge on any atom is 0.414 e. The third kappa shape index (κ3) is 5.93. The van der Waals surface area contributed by atoms with Crippen molar-refractivity contribution in [1.29, 1.82) is 0 Å². The maximum absolute atomic E-state index is 12.7. The van der Waals surface area contributed by atoms with Gasteiger partial charge in [-0.1, -0.05) is 18.2 Å². The van der Waals surface area contributed by atoms with Gasteiger partial charge in [-0.3, -0.25) is 19.7 Å². The third-order valence-corrected chi connectivity index (χ3v) is 4.54. The van der Waals surface area contributed by atoms with E-state index < -0.39 is 23.5 Å². The smallest absolute Gasteiger partial charge is 0.414 e. The molecule has 1 heterocycles. The molecule has 0 fully saturated rings. The number of hydroxylamine groups is 1. The van der Waals surface area contributed by atoms with Crippen LogP contribution in [0.1, 0.15) is 16.1 Å². The lowest BCUT2D eigenvalue weighted by Gasteiger charge is -2.13. The average Bonchev–Trinajstić information content (AvgIpc) is 2.81. The number of amides is 2. The van der Waals surface area contributed by atoms with Crippen molar-refractivity contribution in [1.82, 2.24) is 15.8 Å². The van der Waals surface area contributed by atoms with Gasteiger partial charge in [0, 0.05) is 10.9 Å². The SMILES string of the molecule is COc1ccc(OC(=O)Cc2c(C(=O)NC(=O)OCCNO)[nH]c(=O)c3ccccc23)cc1. The molecule has 0 aliphatic rings. The fraction of sp³-hybridized carbons (Fsp3) is 0.182. The zero-order valence-corrected chi connectivity index (χ0v) is 17.5. The molecule has 0 atom stereocenters. The van der Waals surface area contributed by atoms with Gasteiger partial charge in [-0.2, -0.15) is 0 Å². The van der Waals surface area contributed by atoms with Crippen LogP contribution in [0, 0.1) is 0 Å². The molecule has 33 heavy (non-hydrogen) atoms. The van der Waals surface area contributed by atoms with E-state index in [4.69, 9.17) is 19.4 Å². The van der Waals surface area contributed by atoms with E-state index in [1.54, 1.807) is 54.0 Å². The lowest BCUT2D eigenvalue weighted by molar-refractivity contribution is -0.133. The summed E-state index contributed by atoms with van der Waals surface area (Å²) in [5.74, 6) is -0.807. The van der Waals surface area contributed by atoms with Crippen LogP contribution in [0.25, 0.3) is 10.8 Å². The number of ether oxygens (including phenoxy) is 3. The van der Waals surface area contributed by atoms with Crippen LogP contribution in [-0.2, 0) is 16.0 Å². The van der Waals surface area contributed by atoms with Crippen LogP contribution in [0.4, 0.5) is 4.79 Å². The molecule has 11 nitrogen and oxygen atoms in total. The van der Waals surface area contributed by atoms with Gasteiger partial charge in [-0.25, -0.2) is 10.3 Å². The monoisotopic (exact) mass is 455 g/mol. The van der Waals surface area contributed by atoms with Gasteiger partial charge in [0.25, 0.3) is 11.5 Å². The maximum atomic E-state index is 12.7. The van der Waals surface area contributed by atoms with Crippen LogP contribution in [0.5, 0.6) is 11.5 Å². The van der Waals surface area contributed by atoms with E-state index >= 15 is 0 Å². The molecule has 0 spiro atoms. The van der Waals surface area contributed by atoms with E-state index in [1.165, 1.54) is 7.11 Å². The summed E-state index contributed by atoms with van der Waals surface area (Å²) >= 11 is 0. The zero-order chi connectivity index (χ0) is 23.8. The number of alkyl carbamates (subject to hydrolysis) is 1. The lowest BCUT2D eigenvalue weighted by atomic mass is 10.0. The topological polar surface area (TPSA) is 156 Å². The standard InChI is InChI=1S/C22H21N3O8/c1-31-13-6-8-14(9-7-13)33-18(26)12-17-15-4-2-3-5-16(15)20(27)24-19(17)21(28)25-22(29)32-11-10-23-30/h2-9,23,30H,10-12H2,1H3,(H,24,27)(H,25,28,29). The van der Waals surface area contributed by atoms with Crippen molar-refractivity contribution in [2.75, 3.05) is 20.3 Å². The average molecular weight is 455 g/mol. The van der Waals surface area contributed by atoms with E-state index in [0.29, 0.717) is 11.1 Å². The highest BCUT2D eigenvalue weighted by Gasteiger charge is 2.22. The molecule has 1 aromatic heterocycles. The summed E-state index contributed by atoms with van der Waals surface area (Å²) in [6.45, 7) is -0.248. The number of aromatic nitrogens is 1. The molecule has 0 saturated heterocycles. The number of esters is 1. The second-order valence-corrected chi connectivity index (χ2v) is 6.68. The lowest BCUT2D eigenvalue weighted by Crippen LogP contribution is -2.35. The first-order valence-electron chi connectivity index (χ1n) is 9.76. The van der Waals surface area contributed by atoms with Crippen LogP contribution >= 0.6 is 0 Å². The molecule has 0 bridgehead atoms. The van der Waals surface area contributed by atoms with Crippen LogP contribution in [-0.4, -0.2) is 48.4 Å². The Kier molecular flexibility index (Phi) is 7.73. The summed E-state index contributed by atoms with van der Waals surface area (Å²) in [7, 11) is 1.51. The number of carbonyl (C=O) groups excluding carboxylic acids is 3. The van der Waals surface area contributed by atoms with E-state index in [9.17, 15) is 19.2 Å². The molecule has 0 saturated carbocycles. The van der Waals surface area contributed by atoms with Crippen LogP contribution in [0.15, 0.2) is 53.3 Å². The Labute approximate surface area is 187 Å². The molecular formula is C22H21N3O8. The van der Waals surface area contributed by atoms with E-state index in [0.717, 1.165) is 0 Å². The second kappa shape index (κ2) is 10.9. The van der Waals surface area contributed by atoms with Crippen molar-refractivity contribution in [3.05, 3.63) is 70.1 Å². The predicted molar refractivity (Wildman–Crippen MR) is 116 cm³/mol. The molecule has 2 aromatic carbocycles. The second-order valence-electron chi connectivity index (χ2n) is 6.68. The first-order valence-corrected chi connectivity index (χ1v) is 9.76. The molecule has 3 aromatic rings. The molecule has 0 aliphatic carbocycles. The fourth-order valence-corrected chi connectivity index (χ4v) is 3.05. The number of nitrogens with one attached hydrogen (secondary N) is 3. The zero-order valence-electron chi connectivity index (χ0n) is 17.5. The van der Waals surface area contributed by atoms with Crippen molar-refractivity contribution < 1.29 is 33.8 Å². The van der Waals surface area contributed by atoms with Gasteiger partial charge in [-0.15, -0.1) is 0 Å². The van der Waals surface area contributed by atoms with Gasteiger partial charge >= 0.3 is 12.1 Å². The number of carbonyl (C=O) groups is 3. The molecule has 0 radical (unpaired) electrons.